The standard InChI is InChI=1S/C24H24N2O3/c1-3-29-22-16-10-8-14-20(22)23(27)25-21-15-9-7-13-19(21)24(28)26(2)17-18-11-5-4-6-12-18/h4-16H,3,17H2,1-2H3,(H,25,27). The molecule has 0 saturated heterocycles. The molecule has 3 aromatic carbocycles. The number of hydrogen-bond acceptors (Lipinski definition) is 3. The van der Waals surface area contributed by atoms with E-state index < -0.39 is 0 Å². The van der Waals surface area contributed by atoms with E-state index in [1.54, 1.807) is 54.4 Å². The Balaban J connectivity index is 1.80. The van der Waals surface area contributed by atoms with E-state index in [0.717, 1.165) is 5.56 Å². The second-order valence-electron chi connectivity index (χ2n) is 6.58. The zero-order valence-corrected chi connectivity index (χ0v) is 16.6. The number of rotatable bonds is 7. The minimum absolute atomic E-state index is 0.164. The van der Waals surface area contributed by atoms with E-state index in [9.17, 15) is 9.59 Å². The van der Waals surface area contributed by atoms with Gasteiger partial charge in [-0.2, -0.15) is 0 Å². The van der Waals surface area contributed by atoms with Gasteiger partial charge in [-0.1, -0.05) is 54.6 Å². The van der Waals surface area contributed by atoms with Crippen LogP contribution in [0.2, 0.25) is 0 Å². The number of carbonyl (C=O) groups is 2. The van der Waals surface area contributed by atoms with Crippen LogP contribution in [-0.4, -0.2) is 30.4 Å². The summed E-state index contributed by atoms with van der Waals surface area (Å²) < 4.78 is 5.54. The summed E-state index contributed by atoms with van der Waals surface area (Å²) >= 11 is 0. The van der Waals surface area contributed by atoms with E-state index in [4.69, 9.17) is 4.74 Å². The Labute approximate surface area is 170 Å². The third-order valence-electron chi connectivity index (χ3n) is 4.45. The maximum Gasteiger partial charge on any atom is 0.259 e. The smallest absolute Gasteiger partial charge is 0.259 e. The number of ether oxygens (including phenoxy) is 1. The van der Waals surface area contributed by atoms with E-state index in [1.165, 1.54) is 0 Å². The fraction of sp³-hybridized carbons (Fsp3) is 0.167. The maximum atomic E-state index is 13.0. The Morgan fingerprint density at radius 3 is 2.21 bits per heavy atom. The van der Waals surface area contributed by atoms with Gasteiger partial charge in [-0.3, -0.25) is 9.59 Å². The summed E-state index contributed by atoms with van der Waals surface area (Å²) in [5.74, 6) is 0.0281. The lowest BCUT2D eigenvalue weighted by molar-refractivity contribution is 0.0786. The molecule has 0 unspecified atom stereocenters. The number of nitrogens with one attached hydrogen (secondary N) is 1. The molecule has 0 heterocycles. The lowest BCUT2D eigenvalue weighted by atomic mass is 10.1. The van der Waals surface area contributed by atoms with Crippen LogP contribution < -0.4 is 10.1 Å². The van der Waals surface area contributed by atoms with Crippen molar-refractivity contribution >= 4 is 17.5 Å². The minimum atomic E-state index is -0.319. The lowest BCUT2D eigenvalue weighted by Gasteiger charge is -2.19. The van der Waals surface area contributed by atoms with Crippen LogP contribution in [0.4, 0.5) is 5.69 Å². The quantitative estimate of drug-likeness (QED) is 0.643. The van der Waals surface area contributed by atoms with E-state index in [2.05, 4.69) is 5.32 Å². The Morgan fingerprint density at radius 2 is 1.48 bits per heavy atom. The molecule has 5 heteroatoms. The van der Waals surface area contributed by atoms with Crippen molar-refractivity contribution < 1.29 is 14.3 Å². The van der Waals surface area contributed by atoms with Crippen molar-refractivity contribution in [2.24, 2.45) is 0 Å². The topological polar surface area (TPSA) is 58.6 Å². The zero-order valence-electron chi connectivity index (χ0n) is 16.6. The summed E-state index contributed by atoms with van der Waals surface area (Å²) in [6.07, 6.45) is 0. The molecule has 3 rings (SSSR count). The zero-order chi connectivity index (χ0) is 20.6. The van der Waals surface area contributed by atoms with E-state index in [-0.39, 0.29) is 11.8 Å². The van der Waals surface area contributed by atoms with Crippen LogP contribution in [0.3, 0.4) is 0 Å². The van der Waals surface area contributed by atoms with Gasteiger partial charge >= 0.3 is 0 Å². The number of benzene rings is 3. The summed E-state index contributed by atoms with van der Waals surface area (Å²) in [7, 11) is 1.75. The first-order chi connectivity index (χ1) is 14.1. The molecule has 5 nitrogen and oxygen atoms in total. The molecular weight excluding hydrogens is 364 g/mol. The van der Waals surface area contributed by atoms with Crippen LogP contribution in [0.15, 0.2) is 78.9 Å². The summed E-state index contributed by atoms with van der Waals surface area (Å²) in [6, 6.07) is 23.8. The average Bonchev–Trinajstić information content (AvgIpc) is 2.75. The van der Waals surface area contributed by atoms with Crippen molar-refractivity contribution in [1.29, 1.82) is 0 Å². The minimum Gasteiger partial charge on any atom is -0.493 e. The van der Waals surface area contributed by atoms with Crippen molar-refractivity contribution in [2.75, 3.05) is 19.0 Å². The fourth-order valence-corrected chi connectivity index (χ4v) is 3.04. The van der Waals surface area contributed by atoms with Crippen molar-refractivity contribution in [3.8, 4) is 5.75 Å². The molecule has 0 aliphatic heterocycles. The van der Waals surface area contributed by atoms with Gasteiger partial charge in [0.15, 0.2) is 0 Å². The molecule has 0 bridgehead atoms. The van der Waals surface area contributed by atoms with Gasteiger partial charge in [0.1, 0.15) is 5.75 Å². The molecular formula is C24H24N2O3. The maximum absolute atomic E-state index is 13.0. The van der Waals surface area contributed by atoms with Crippen molar-refractivity contribution in [3.05, 3.63) is 95.6 Å². The van der Waals surface area contributed by atoms with E-state index in [0.29, 0.717) is 35.7 Å². The van der Waals surface area contributed by atoms with Crippen molar-refractivity contribution in [2.45, 2.75) is 13.5 Å². The Kier molecular flexibility index (Phi) is 6.63. The molecule has 0 atom stereocenters. The van der Waals surface area contributed by atoms with Gasteiger partial charge in [-0.05, 0) is 36.8 Å². The number of carbonyl (C=O) groups excluding carboxylic acids is 2. The van der Waals surface area contributed by atoms with Gasteiger partial charge < -0.3 is 15.0 Å². The van der Waals surface area contributed by atoms with Crippen molar-refractivity contribution in [1.82, 2.24) is 4.90 Å². The SMILES string of the molecule is CCOc1ccccc1C(=O)Nc1ccccc1C(=O)N(C)Cc1ccccc1. The van der Waals surface area contributed by atoms with Gasteiger partial charge in [-0.15, -0.1) is 0 Å². The lowest BCUT2D eigenvalue weighted by Crippen LogP contribution is -2.27. The highest BCUT2D eigenvalue weighted by Gasteiger charge is 2.19. The normalized spacial score (nSPS) is 10.3. The monoisotopic (exact) mass is 388 g/mol. The third-order valence-corrected chi connectivity index (χ3v) is 4.45. The molecule has 0 aliphatic rings. The first-order valence-corrected chi connectivity index (χ1v) is 9.51. The molecule has 2 amide bonds. The van der Waals surface area contributed by atoms with Crippen LogP contribution in [0.5, 0.6) is 5.75 Å². The molecule has 3 aromatic rings. The number of para-hydroxylation sites is 2. The van der Waals surface area contributed by atoms with Gasteiger partial charge in [0.2, 0.25) is 0 Å². The van der Waals surface area contributed by atoms with E-state index >= 15 is 0 Å². The van der Waals surface area contributed by atoms with Crippen LogP contribution in [0.1, 0.15) is 33.2 Å². The average molecular weight is 388 g/mol. The molecule has 0 aliphatic carbocycles. The molecule has 29 heavy (non-hydrogen) atoms. The predicted octanol–water partition coefficient (Wildman–Crippen LogP) is 4.61. The molecule has 0 saturated carbocycles. The van der Waals surface area contributed by atoms with Gasteiger partial charge in [0.25, 0.3) is 11.8 Å². The first kappa shape index (κ1) is 20.1. The summed E-state index contributed by atoms with van der Waals surface area (Å²) in [4.78, 5) is 27.5. The molecule has 0 fully saturated rings. The number of nitrogens with zero attached hydrogens (tertiary/aromatic N) is 1. The molecule has 148 valence electrons. The predicted molar refractivity (Wildman–Crippen MR) is 114 cm³/mol. The Morgan fingerprint density at radius 1 is 0.862 bits per heavy atom. The number of anilines is 1. The fourth-order valence-electron chi connectivity index (χ4n) is 3.04. The van der Waals surface area contributed by atoms with Crippen LogP contribution >= 0.6 is 0 Å². The van der Waals surface area contributed by atoms with Crippen LogP contribution in [-0.2, 0) is 6.54 Å². The molecule has 0 radical (unpaired) electrons. The Hall–Kier alpha value is -3.60. The molecule has 1 N–H and O–H groups in total. The highest BCUT2D eigenvalue weighted by molar-refractivity contribution is 6.10. The number of hydrogen-bond donors (Lipinski definition) is 1. The second kappa shape index (κ2) is 9.55. The second-order valence-corrected chi connectivity index (χ2v) is 6.58. The number of amides is 2. The van der Waals surface area contributed by atoms with Gasteiger partial charge in [-0.25, -0.2) is 0 Å². The highest BCUT2D eigenvalue weighted by atomic mass is 16.5. The largest absolute Gasteiger partial charge is 0.493 e. The molecule has 0 spiro atoms. The Bertz CT molecular complexity index is 986. The molecule has 0 aromatic heterocycles. The third kappa shape index (κ3) is 5.02. The van der Waals surface area contributed by atoms with Crippen LogP contribution in [0, 0.1) is 0 Å². The summed E-state index contributed by atoms with van der Waals surface area (Å²) in [6.45, 7) is 2.81. The first-order valence-electron chi connectivity index (χ1n) is 9.51. The highest BCUT2D eigenvalue weighted by Crippen LogP contribution is 2.22. The summed E-state index contributed by atoms with van der Waals surface area (Å²) in [5.41, 5.74) is 2.37. The van der Waals surface area contributed by atoms with Crippen molar-refractivity contribution in [3.63, 3.8) is 0 Å². The summed E-state index contributed by atoms with van der Waals surface area (Å²) in [5, 5.41) is 2.86. The van der Waals surface area contributed by atoms with Gasteiger partial charge in [0.05, 0.1) is 23.4 Å². The van der Waals surface area contributed by atoms with Crippen LogP contribution in [0.25, 0.3) is 0 Å². The van der Waals surface area contributed by atoms with Gasteiger partial charge in [0, 0.05) is 13.6 Å². The van der Waals surface area contributed by atoms with E-state index in [1.807, 2.05) is 43.3 Å².